The Bertz CT molecular complexity index is 2120. The van der Waals surface area contributed by atoms with Gasteiger partial charge in [0, 0.05) is 0 Å². The summed E-state index contributed by atoms with van der Waals surface area (Å²) in [6, 6.07) is 29.6. The number of fused-ring (bicyclic) bond motifs is 9. The molecule has 1 N–H and O–H groups in total. The standard InChI is InChI=1S/C24H14B9N2OP2/c1-4-10-18-14(7-1)15-13-21(37(29-25-30(37)33(29)37)34-38-26-31(38)32(38)27-38)24-22-23(15)35(18)19-11-5-2-8-16(19)28(22)17-9-3-6-12-20(17)36-24/h1-13,34H/q-2. The van der Waals surface area contributed by atoms with E-state index in [9.17, 15) is 0 Å². The molecule has 0 saturated carbocycles. The number of hydrogen-bond acceptors (Lipinski definition) is 2. The van der Waals surface area contributed by atoms with E-state index < -0.39 is 12.7 Å². The second-order valence-electron chi connectivity index (χ2n) is 13.3. The predicted octanol–water partition coefficient (Wildman–Crippen LogP) is 1.07. The Labute approximate surface area is 224 Å². The Kier molecular flexibility index (Phi) is 2.48. The van der Waals surface area contributed by atoms with E-state index in [1.54, 1.807) is 5.30 Å². The normalized spacial score (nSPS) is 27.1. The second kappa shape index (κ2) is 4.96. The van der Waals surface area contributed by atoms with Gasteiger partial charge in [0.25, 0.3) is 0 Å². The molecule has 0 amide bonds. The Morgan fingerprint density at radius 2 is 1.63 bits per heavy atom. The van der Waals surface area contributed by atoms with E-state index in [4.69, 9.17) is 4.74 Å². The molecule has 7 saturated heterocycles. The summed E-state index contributed by atoms with van der Waals surface area (Å²) in [5, 5.41) is 4.40. The molecule has 2 bridgehead atoms. The molecular formula is C24H14B9N2OP2-2. The summed E-state index contributed by atoms with van der Waals surface area (Å²) in [5.74, 6) is 2.26. The van der Waals surface area contributed by atoms with Crippen LogP contribution in [0.2, 0.25) is 0 Å². The first-order valence-electron chi connectivity index (χ1n) is 14.1. The summed E-state index contributed by atoms with van der Waals surface area (Å²) < 4.78 is 9.67. The van der Waals surface area contributed by atoms with E-state index in [2.05, 4.69) is 109 Å². The number of rotatable bonds is 3. The molecule has 5 aromatic rings. The van der Waals surface area contributed by atoms with Gasteiger partial charge in [0.05, 0.1) is 0 Å². The second-order valence-corrected chi connectivity index (χ2v) is 23.7. The van der Waals surface area contributed by atoms with Crippen LogP contribution in [0.3, 0.4) is 0 Å². The van der Waals surface area contributed by atoms with Crippen molar-refractivity contribution in [2.24, 2.45) is 0 Å². The van der Waals surface area contributed by atoms with Crippen molar-refractivity contribution in [2.45, 2.75) is 0 Å². The molecule has 10 heterocycles. The molecule has 4 aromatic carbocycles. The third-order valence-electron chi connectivity index (χ3n) is 12.4. The average Bonchev–Trinajstić information content (AvgIpc) is 3.89. The van der Waals surface area contributed by atoms with Crippen LogP contribution < -0.4 is 31.3 Å². The zero-order chi connectivity index (χ0) is 24.0. The Balaban J connectivity index is 1.23. The van der Waals surface area contributed by atoms with E-state index in [0.29, 0.717) is 0 Å². The molecule has 38 heavy (non-hydrogen) atoms. The number of nitrogens with zero attached hydrogens (tertiary/aromatic N) is 1. The van der Waals surface area contributed by atoms with Gasteiger partial charge in [0.15, 0.2) is 0 Å². The van der Waals surface area contributed by atoms with Crippen LogP contribution >= 0.6 is 12.7 Å². The van der Waals surface area contributed by atoms with Crippen molar-refractivity contribution in [2.75, 3.05) is 0 Å². The van der Waals surface area contributed by atoms with E-state index in [1.165, 1.54) is 49.6 Å². The van der Waals surface area contributed by atoms with Crippen LogP contribution in [0.15, 0.2) is 78.9 Å². The monoisotopic (exact) mass is 507 g/mol. The van der Waals surface area contributed by atoms with Crippen molar-refractivity contribution < 1.29 is 4.74 Å². The minimum atomic E-state index is -2.18. The van der Waals surface area contributed by atoms with Gasteiger partial charge in [-0.2, -0.15) is 0 Å². The average molecular weight is 506 g/mol. The number of aromatic nitrogens is 1. The quantitative estimate of drug-likeness (QED) is 0.287. The molecule has 0 aliphatic carbocycles. The minimum absolute atomic E-state index is 0.205. The van der Waals surface area contributed by atoms with Gasteiger partial charge in [-0.3, -0.25) is 0 Å². The van der Waals surface area contributed by atoms with Gasteiger partial charge in [-0.25, -0.2) is 0 Å². The summed E-state index contributed by atoms with van der Waals surface area (Å²) in [4.78, 5) is 4.69. The van der Waals surface area contributed by atoms with Gasteiger partial charge in [-0.15, -0.1) is 0 Å². The molecule has 14 heteroatoms. The predicted molar refractivity (Wildman–Crippen MR) is 175 cm³/mol. The van der Waals surface area contributed by atoms with Gasteiger partial charge in [0.1, 0.15) is 0 Å². The van der Waals surface area contributed by atoms with Crippen LogP contribution in [0.25, 0.3) is 27.5 Å². The van der Waals surface area contributed by atoms with E-state index >= 15 is 0 Å². The molecule has 165 valence electrons. The summed E-state index contributed by atoms with van der Waals surface area (Å²) in [5.41, 5.74) is 8.12. The molecule has 1 spiro atoms. The number of para-hydroxylation sites is 3. The van der Waals surface area contributed by atoms with E-state index in [-0.39, 0.29) is 6.71 Å². The van der Waals surface area contributed by atoms with Crippen LogP contribution in [-0.2, 0) is 0 Å². The molecule has 1 aromatic heterocycles. The maximum absolute atomic E-state index is 7.13. The number of ether oxygens (including phenoxy) is 1. The molecular weight excluding hydrogens is 492 g/mol. The van der Waals surface area contributed by atoms with Crippen molar-refractivity contribution in [1.29, 1.82) is 0 Å². The molecule has 0 unspecified atom stereocenters. The molecule has 9 aliphatic rings. The number of benzene rings is 4. The van der Waals surface area contributed by atoms with Crippen molar-refractivity contribution in [1.82, 2.24) is 9.42 Å². The fourth-order valence-electron chi connectivity index (χ4n) is 10.2. The van der Waals surface area contributed by atoms with Crippen LogP contribution in [0, 0.1) is 0 Å². The van der Waals surface area contributed by atoms with Crippen molar-refractivity contribution in [3.8, 4) is 17.2 Å². The molecule has 9 aliphatic heterocycles. The fraction of sp³-hybridized carbons (Fsp3) is 0. The SMILES string of the molecule is [B]1B2B3[B-]P123NP12(c3cc4c5ccccc5n5c4c4c3Oc3ccccc3B4c3ccccc3-5)B3[B-]B1B32. The first kappa shape index (κ1) is 19.0. The molecule has 3 nitrogen and oxygen atoms in total. The molecule has 0 atom stereocenters. The first-order chi connectivity index (χ1) is 18.7. The Hall–Kier alpha value is -2.12. The van der Waals surface area contributed by atoms with Crippen molar-refractivity contribution >= 4 is 115 Å². The zero-order valence-corrected chi connectivity index (χ0v) is 22.2. The molecule has 5 radical (unpaired) electrons. The van der Waals surface area contributed by atoms with E-state index in [1.807, 2.05) is 0 Å². The first-order valence-corrected chi connectivity index (χ1v) is 19.0. The molecule has 14 rings (SSSR count). The van der Waals surface area contributed by atoms with Crippen molar-refractivity contribution in [3.05, 3.63) is 78.9 Å². The van der Waals surface area contributed by atoms with E-state index in [0.717, 1.165) is 36.8 Å². The third kappa shape index (κ3) is 1.49. The maximum atomic E-state index is 7.13. The van der Waals surface area contributed by atoms with Gasteiger partial charge < -0.3 is 0 Å². The Morgan fingerprint density at radius 3 is 2.39 bits per heavy atom. The summed E-state index contributed by atoms with van der Waals surface area (Å²) in [6.07, 6.45) is 0.536. The summed E-state index contributed by atoms with van der Waals surface area (Å²) >= 11 is 0. The molecule has 7 fully saturated rings. The van der Waals surface area contributed by atoms with Crippen LogP contribution in [-0.4, -0.2) is 63.2 Å². The summed E-state index contributed by atoms with van der Waals surface area (Å²) in [7, 11) is 2.68. The van der Waals surface area contributed by atoms with Gasteiger partial charge >= 0.3 is 225 Å². The topological polar surface area (TPSA) is 26.2 Å². The van der Waals surface area contributed by atoms with Gasteiger partial charge in [-0.05, 0) is 0 Å². The fourth-order valence-corrected chi connectivity index (χ4v) is 29.5. The third-order valence-corrected chi connectivity index (χ3v) is 26.7. The Morgan fingerprint density at radius 1 is 0.868 bits per heavy atom. The van der Waals surface area contributed by atoms with Crippen LogP contribution in [0.5, 0.6) is 11.5 Å². The zero-order valence-electron chi connectivity index (χ0n) is 20.5. The van der Waals surface area contributed by atoms with Crippen LogP contribution in [0.1, 0.15) is 0 Å². The summed E-state index contributed by atoms with van der Waals surface area (Å²) in [6.45, 7) is 5.68. The van der Waals surface area contributed by atoms with Gasteiger partial charge in [0.2, 0.25) is 0 Å². The van der Waals surface area contributed by atoms with Crippen molar-refractivity contribution in [3.63, 3.8) is 0 Å². The number of nitrogens with one attached hydrogen (secondary N) is 1. The van der Waals surface area contributed by atoms with Crippen LogP contribution in [0.4, 0.5) is 0 Å². The van der Waals surface area contributed by atoms with Gasteiger partial charge in [-0.1, -0.05) is 0 Å². The number of hydrogen-bond donors (Lipinski definition) is 1.